The molecule has 0 rings (SSSR count). The maximum atomic E-state index is 7.88. The largest absolute Gasteiger partial charge is 2.00 e. The van der Waals surface area contributed by atoms with Crippen LogP contribution in [0.4, 0.5) is 0 Å². The van der Waals surface area contributed by atoms with Gasteiger partial charge in [-0.25, -0.2) is 0 Å². The molecule has 0 aliphatic rings. The summed E-state index contributed by atoms with van der Waals surface area (Å²) in [6.45, 7) is 2.25. The molecule has 0 radical (unpaired) electrons. The fourth-order valence-corrected chi connectivity index (χ4v) is 0. The fourth-order valence-electron chi connectivity index (χ4n) is 0. The van der Waals surface area contributed by atoms with E-state index >= 15 is 0 Å². The number of aliphatic hydroxyl groups is 1. The van der Waals surface area contributed by atoms with Gasteiger partial charge in [-0.2, -0.15) is 0 Å². The second-order valence-electron chi connectivity index (χ2n) is 0.724. The van der Waals surface area contributed by atoms with Gasteiger partial charge in [0.1, 0.15) is 0 Å². The quantitative estimate of drug-likeness (QED) is 0.346. The Kier molecular flexibility index (Phi) is 81.5. The Balaban J connectivity index is -0.0000000150. The van der Waals surface area contributed by atoms with Crippen LogP contribution in [0.25, 0.3) is 0 Å². The molecule has 0 aromatic rings. The molecule has 4 heteroatoms. The van der Waals surface area contributed by atoms with Crippen molar-refractivity contribution in [3.8, 4) is 0 Å². The molecule has 0 atom stereocenters. The Morgan fingerprint density at radius 3 is 1.43 bits per heavy atom. The van der Waals surface area contributed by atoms with Crippen molar-refractivity contribution in [3.05, 3.63) is 0 Å². The van der Waals surface area contributed by atoms with Crippen LogP contribution in [-0.4, -0.2) is 11.7 Å². The van der Waals surface area contributed by atoms with Crippen LogP contribution in [0.5, 0.6) is 0 Å². The predicted octanol–water partition coefficient (Wildman–Crippen LogP) is -5.72. The van der Waals surface area contributed by atoms with Gasteiger partial charge in [0.25, 0.3) is 0 Å². The number of hydrogen-bond acceptors (Lipinski definition) is 1. The van der Waals surface area contributed by atoms with E-state index in [-0.39, 0.29) is 64.6 Å². The number of rotatable bonds is 1. The van der Waals surface area contributed by atoms with E-state index in [4.69, 9.17) is 5.11 Å². The molecule has 0 fully saturated rings. The summed E-state index contributed by atoms with van der Waals surface area (Å²) in [6.07, 6.45) is 0.875. The van der Waals surface area contributed by atoms with E-state index in [1.807, 2.05) is 6.92 Å². The van der Waals surface area contributed by atoms with Crippen molar-refractivity contribution in [2.75, 3.05) is 6.61 Å². The van der Waals surface area contributed by atoms with E-state index < -0.39 is 0 Å². The van der Waals surface area contributed by atoms with E-state index in [9.17, 15) is 0 Å². The summed E-state index contributed by atoms with van der Waals surface area (Å²) in [5.74, 6) is 0. The minimum atomic E-state index is 0. The molecule has 34 valence electrons. The third kappa shape index (κ3) is 32.6. The summed E-state index contributed by atoms with van der Waals surface area (Å²) >= 11 is 0. The van der Waals surface area contributed by atoms with Crippen molar-refractivity contribution in [1.29, 1.82) is 0 Å². The van der Waals surface area contributed by atoms with Gasteiger partial charge in [0, 0.05) is 6.61 Å². The zero-order chi connectivity index (χ0) is 3.41. The van der Waals surface area contributed by atoms with Gasteiger partial charge in [-0.3, -0.25) is 0 Å². The first-order chi connectivity index (χ1) is 1.91. The number of aliphatic hydroxyl groups excluding tert-OH is 1. The molecule has 0 heterocycles. The molecule has 0 bridgehead atoms. The Morgan fingerprint density at radius 2 is 1.43 bits per heavy atom. The molecule has 0 aromatic heterocycles. The second-order valence-corrected chi connectivity index (χ2v) is 0.724. The maximum Gasteiger partial charge on any atom is 1.00 e. The minimum Gasteiger partial charge on any atom is -2.00 e. The van der Waals surface area contributed by atoms with Crippen LogP contribution in [-0.2, 0) is 5.48 Å². The predicted molar refractivity (Wildman–Crippen MR) is 18.1 cm³/mol. The number of hydrogen-bond donors (Lipinski definition) is 1. The van der Waals surface area contributed by atoms with Gasteiger partial charge in [-0.15, -0.1) is 0 Å². The molecule has 0 aromatic carbocycles. The molecule has 7 heavy (non-hydrogen) atoms. The zero-order valence-corrected chi connectivity index (χ0v) is 9.27. The fraction of sp³-hybridized carbons (Fsp3) is 1.00. The van der Waals surface area contributed by atoms with Gasteiger partial charge in [0.2, 0.25) is 0 Å². The molecular weight excluding hydrogens is 114 g/mol. The summed E-state index contributed by atoms with van der Waals surface area (Å²) in [4.78, 5) is 0. The van der Waals surface area contributed by atoms with E-state index in [0.29, 0.717) is 6.61 Å². The molecule has 0 aliphatic heterocycles. The smallest absolute Gasteiger partial charge is 1.00 e. The van der Waals surface area contributed by atoms with Gasteiger partial charge in [-0.05, 0) is 6.42 Å². The van der Waals surface area contributed by atoms with Crippen LogP contribution in [0.3, 0.4) is 0 Å². The Morgan fingerprint density at radius 1 is 1.29 bits per heavy atom. The van der Waals surface area contributed by atoms with Crippen molar-refractivity contribution >= 4 is 0 Å². The zero-order valence-electron chi connectivity index (χ0n) is 5.27. The topological polar surface area (TPSA) is 48.7 Å². The van der Waals surface area contributed by atoms with Crippen molar-refractivity contribution < 1.29 is 69.7 Å². The van der Waals surface area contributed by atoms with Crippen LogP contribution in [0.15, 0.2) is 0 Å². The Hall–Kier alpha value is 1.92. The first kappa shape index (κ1) is 23.1. The molecule has 0 saturated carbocycles. The van der Waals surface area contributed by atoms with E-state index in [0.717, 1.165) is 6.42 Å². The normalized spacial score (nSPS) is 4.29. The molecule has 0 unspecified atom stereocenters. The SMILES string of the molecule is CCCO.[Na+].[Na+].[O-2]. The molecule has 0 saturated heterocycles. The molecule has 0 aliphatic carbocycles. The van der Waals surface area contributed by atoms with Crippen LogP contribution in [0.2, 0.25) is 0 Å². The monoisotopic (exact) mass is 122 g/mol. The Bertz CT molecular complexity index is 12.9. The molecule has 0 amide bonds. The maximum absolute atomic E-state index is 7.88. The van der Waals surface area contributed by atoms with Crippen LogP contribution >= 0.6 is 0 Å². The molecule has 1 N–H and O–H groups in total. The molecule has 0 spiro atoms. The van der Waals surface area contributed by atoms with Crippen molar-refractivity contribution in [2.45, 2.75) is 13.3 Å². The first-order valence-electron chi connectivity index (χ1n) is 1.52. The second kappa shape index (κ2) is 24.7. The van der Waals surface area contributed by atoms with Gasteiger partial charge < -0.3 is 10.6 Å². The van der Waals surface area contributed by atoms with Gasteiger partial charge >= 0.3 is 59.1 Å². The third-order valence-corrected chi connectivity index (χ3v) is 0.224. The summed E-state index contributed by atoms with van der Waals surface area (Å²) in [6, 6.07) is 0. The summed E-state index contributed by atoms with van der Waals surface area (Å²) in [5, 5.41) is 7.88. The Labute approximate surface area is 88.6 Å². The minimum absolute atomic E-state index is 0. The summed E-state index contributed by atoms with van der Waals surface area (Å²) < 4.78 is 0. The van der Waals surface area contributed by atoms with Gasteiger partial charge in [-0.1, -0.05) is 6.92 Å². The van der Waals surface area contributed by atoms with Gasteiger partial charge in [0.15, 0.2) is 0 Å². The van der Waals surface area contributed by atoms with E-state index in [1.54, 1.807) is 0 Å². The molecule has 2 nitrogen and oxygen atoms in total. The molecular formula is C3H8Na2O2. The summed E-state index contributed by atoms with van der Waals surface area (Å²) in [5.41, 5.74) is 0. The summed E-state index contributed by atoms with van der Waals surface area (Å²) in [7, 11) is 0. The van der Waals surface area contributed by atoms with E-state index in [2.05, 4.69) is 0 Å². The average Bonchev–Trinajstić information content (AvgIpc) is 1.37. The van der Waals surface area contributed by atoms with Crippen LogP contribution in [0.1, 0.15) is 13.3 Å². The first-order valence-corrected chi connectivity index (χ1v) is 1.52. The van der Waals surface area contributed by atoms with Crippen LogP contribution < -0.4 is 59.1 Å². The van der Waals surface area contributed by atoms with Crippen molar-refractivity contribution in [1.82, 2.24) is 0 Å². The van der Waals surface area contributed by atoms with Gasteiger partial charge in [0.05, 0.1) is 0 Å². The third-order valence-electron chi connectivity index (χ3n) is 0.224. The average molecular weight is 122 g/mol. The van der Waals surface area contributed by atoms with E-state index in [1.165, 1.54) is 0 Å². The van der Waals surface area contributed by atoms with Crippen molar-refractivity contribution in [3.63, 3.8) is 0 Å². The van der Waals surface area contributed by atoms with Crippen molar-refractivity contribution in [2.24, 2.45) is 0 Å². The standard InChI is InChI=1S/C3H8O.2Na.O/c1-2-3-4;;;/h4H,2-3H2,1H3;;;/q;2*+1;-2. The van der Waals surface area contributed by atoms with Crippen LogP contribution in [0, 0.1) is 0 Å².